The topological polar surface area (TPSA) is 47.8 Å². The van der Waals surface area contributed by atoms with Crippen LogP contribution in [0.1, 0.15) is 23.8 Å². The van der Waals surface area contributed by atoms with Crippen LogP contribution in [-0.4, -0.2) is 20.8 Å². The van der Waals surface area contributed by atoms with Crippen LogP contribution in [0, 0.1) is 0 Å². The van der Waals surface area contributed by atoms with Crippen LogP contribution in [0.2, 0.25) is 0 Å². The van der Waals surface area contributed by atoms with Crippen molar-refractivity contribution in [3.63, 3.8) is 0 Å². The predicted molar refractivity (Wildman–Crippen MR) is 35.6 cm³/mol. The van der Waals surface area contributed by atoms with E-state index in [1.165, 1.54) is 11.0 Å². The molecule has 0 radical (unpaired) electrons. The number of ketones is 1. The molecule has 4 nitrogen and oxygen atoms in total. The SMILES string of the molecule is CCC(=O)c1cnn(C)n1. The fraction of sp³-hybridized carbons (Fsp3) is 0.500. The number of carbonyl (C=O) groups excluding carboxylic acids is 1. The summed E-state index contributed by atoms with van der Waals surface area (Å²) < 4.78 is 0. The second-order valence-electron chi connectivity index (χ2n) is 2.00. The lowest BCUT2D eigenvalue weighted by Gasteiger charge is -1.85. The third-order valence-corrected chi connectivity index (χ3v) is 1.21. The molecular weight excluding hydrogens is 130 g/mol. The molecule has 0 N–H and O–H groups in total. The van der Waals surface area contributed by atoms with Gasteiger partial charge in [0.1, 0.15) is 5.69 Å². The van der Waals surface area contributed by atoms with E-state index < -0.39 is 0 Å². The Morgan fingerprint density at radius 3 is 2.90 bits per heavy atom. The highest BCUT2D eigenvalue weighted by Crippen LogP contribution is 1.95. The van der Waals surface area contributed by atoms with E-state index >= 15 is 0 Å². The molecule has 1 heterocycles. The summed E-state index contributed by atoms with van der Waals surface area (Å²) in [5.41, 5.74) is 0.449. The van der Waals surface area contributed by atoms with Gasteiger partial charge in [-0.25, -0.2) is 0 Å². The van der Waals surface area contributed by atoms with Crippen LogP contribution in [0.5, 0.6) is 0 Å². The molecule has 0 aliphatic rings. The Kier molecular flexibility index (Phi) is 1.80. The lowest BCUT2D eigenvalue weighted by Crippen LogP contribution is -1.99. The predicted octanol–water partition coefficient (Wildman–Crippen LogP) is 0.408. The molecule has 0 amide bonds. The van der Waals surface area contributed by atoms with Crippen molar-refractivity contribution in [1.82, 2.24) is 15.0 Å². The summed E-state index contributed by atoms with van der Waals surface area (Å²) in [5, 5.41) is 7.61. The normalized spacial score (nSPS) is 9.80. The average molecular weight is 139 g/mol. The average Bonchev–Trinajstić information content (AvgIpc) is 2.34. The van der Waals surface area contributed by atoms with E-state index in [2.05, 4.69) is 10.2 Å². The number of Topliss-reactive ketones (excluding diaryl/α,β-unsaturated/α-hetero) is 1. The van der Waals surface area contributed by atoms with Gasteiger partial charge in [-0.2, -0.15) is 15.0 Å². The van der Waals surface area contributed by atoms with Crippen LogP contribution in [-0.2, 0) is 7.05 Å². The van der Waals surface area contributed by atoms with Crippen molar-refractivity contribution < 1.29 is 4.79 Å². The second kappa shape index (κ2) is 2.60. The van der Waals surface area contributed by atoms with Crippen molar-refractivity contribution >= 4 is 5.78 Å². The van der Waals surface area contributed by atoms with Crippen molar-refractivity contribution in [1.29, 1.82) is 0 Å². The fourth-order valence-electron chi connectivity index (χ4n) is 0.655. The van der Waals surface area contributed by atoms with E-state index in [4.69, 9.17) is 0 Å². The first-order valence-corrected chi connectivity index (χ1v) is 3.13. The molecule has 1 aromatic heterocycles. The van der Waals surface area contributed by atoms with E-state index in [1.807, 2.05) is 0 Å². The lowest BCUT2D eigenvalue weighted by atomic mass is 10.2. The third kappa shape index (κ3) is 1.21. The molecule has 10 heavy (non-hydrogen) atoms. The van der Waals surface area contributed by atoms with Crippen molar-refractivity contribution in [3.8, 4) is 0 Å². The minimum absolute atomic E-state index is 0.0353. The maximum atomic E-state index is 10.9. The first kappa shape index (κ1) is 6.92. The van der Waals surface area contributed by atoms with Gasteiger partial charge in [0.15, 0.2) is 5.78 Å². The van der Waals surface area contributed by atoms with E-state index in [9.17, 15) is 4.79 Å². The Bertz CT molecular complexity index is 241. The van der Waals surface area contributed by atoms with Crippen LogP contribution in [0.4, 0.5) is 0 Å². The minimum Gasteiger partial charge on any atom is -0.292 e. The minimum atomic E-state index is 0.0353. The third-order valence-electron chi connectivity index (χ3n) is 1.21. The van der Waals surface area contributed by atoms with Crippen molar-refractivity contribution in [2.75, 3.05) is 0 Å². The van der Waals surface area contributed by atoms with Gasteiger partial charge in [0, 0.05) is 13.5 Å². The molecule has 4 heteroatoms. The maximum absolute atomic E-state index is 10.9. The summed E-state index contributed by atoms with van der Waals surface area (Å²) in [5.74, 6) is 0.0353. The highest BCUT2D eigenvalue weighted by atomic mass is 16.1. The largest absolute Gasteiger partial charge is 0.292 e. The van der Waals surface area contributed by atoms with Gasteiger partial charge in [0.05, 0.1) is 6.20 Å². The van der Waals surface area contributed by atoms with Crippen LogP contribution >= 0.6 is 0 Å². The molecule has 0 fully saturated rings. The number of aromatic nitrogens is 3. The summed E-state index contributed by atoms with van der Waals surface area (Å²) >= 11 is 0. The zero-order valence-corrected chi connectivity index (χ0v) is 6.03. The summed E-state index contributed by atoms with van der Waals surface area (Å²) in [7, 11) is 1.69. The number of rotatable bonds is 2. The first-order chi connectivity index (χ1) is 4.74. The molecule has 0 bridgehead atoms. The van der Waals surface area contributed by atoms with Gasteiger partial charge >= 0.3 is 0 Å². The van der Waals surface area contributed by atoms with Crippen LogP contribution in [0.15, 0.2) is 6.20 Å². The first-order valence-electron chi connectivity index (χ1n) is 3.13. The summed E-state index contributed by atoms with van der Waals surface area (Å²) in [4.78, 5) is 12.3. The highest BCUT2D eigenvalue weighted by Gasteiger charge is 2.05. The van der Waals surface area contributed by atoms with Gasteiger partial charge in [0.2, 0.25) is 0 Å². The Morgan fingerprint density at radius 1 is 1.80 bits per heavy atom. The van der Waals surface area contributed by atoms with Gasteiger partial charge < -0.3 is 0 Å². The molecule has 1 rings (SSSR count). The number of nitrogens with zero attached hydrogens (tertiary/aromatic N) is 3. The number of aryl methyl sites for hydroxylation is 1. The van der Waals surface area contributed by atoms with Gasteiger partial charge in [-0.05, 0) is 0 Å². The van der Waals surface area contributed by atoms with Gasteiger partial charge in [-0.3, -0.25) is 4.79 Å². The van der Waals surface area contributed by atoms with Gasteiger partial charge in [-0.1, -0.05) is 6.92 Å². The maximum Gasteiger partial charge on any atom is 0.184 e. The molecule has 0 spiro atoms. The molecule has 0 atom stereocenters. The summed E-state index contributed by atoms with van der Waals surface area (Å²) in [6, 6.07) is 0. The molecule has 0 saturated carbocycles. The Hall–Kier alpha value is -1.19. The molecule has 54 valence electrons. The molecular formula is C6H9N3O. The molecule has 0 unspecified atom stereocenters. The molecule has 0 aliphatic heterocycles. The highest BCUT2D eigenvalue weighted by molar-refractivity contribution is 5.93. The molecule has 0 aliphatic carbocycles. The van der Waals surface area contributed by atoms with Crippen LogP contribution in [0.25, 0.3) is 0 Å². The quantitative estimate of drug-likeness (QED) is 0.557. The fourth-order valence-corrected chi connectivity index (χ4v) is 0.655. The van der Waals surface area contributed by atoms with Gasteiger partial charge in [-0.15, -0.1) is 0 Å². The van der Waals surface area contributed by atoms with E-state index in [1.54, 1.807) is 14.0 Å². The van der Waals surface area contributed by atoms with Crippen LogP contribution in [0.3, 0.4) is 0 Å². The molecule has 0 aromatic carbocycles. The van der Waals surface area contributed by atoms with Crippen LogP contribution < -0.4 is 0 Å². The summed E-state index contributed by atoms with van der Waals surface area (Å²) in [6.07, 6.45) is 1.96. The van der Waals surface area contributed by atoms with Crippen molar-refractivity contribution in [3.05, 3.63) is 11.9 Å². The van der Waals surface area contributed by atoms with E-state index in [0.29, 0.717) is 12.1 Å². The zero-order valence-electron chi connectivity index (χ0n) is 6.03. The van der Waals surface area contributed by atoms with Gasteiger partial charge in [0.25, 0.3) is 0 Å². The number of hydrogen-bond donors (Lipinski definition) is 0. The monoisotopic (exact) mass is 139 g/mol. The van der Waals surface area contributed by atoms with Crippen molar-refractivity contribution in [2.45, 2.75) is 13.3 Å². The zero-order chi connectivity index (χ0) is 7.56. The standard InChI is InChI=1S/C6H9N3O/c1-3-6(10)5-4-7-9(2)8-5/h4H,3H2,1-2H3. The Morgan fingerprint density at radius 2 is 2.50 bits per heavy atom. The summed E-state index contributed by atoms with van der Waals surface area (Å²) in [6.45, 7) is 1.80. The van der Waals surface area contributed by atoms with Crippen molar-refractivity contribution in [2.24, 2.45) is 7.05 Å². The Balaban J connectivity index is 2.85. The van der Waals surface area contributed by atoms with E-state index in [-0.39, 0.29) is 5.78 Å². The lowest BCUT2D eigenvalue weighted by molar-refractivity contribution is 0.0982. The molecule has 0 saturated heterocycles. The second-order valence-corrected chi connectivity index (χ2v) is 2.00. The number of carbonyl (C=O) groups is 1. The molecule has 1 aromatic rings. The Labute approximate surface area is 58.8 Å². The van der Waals surface area contributed by atoms with E-state index in [0.717, 1.165) is 0 Å². The number of hydrogen-bond acceptors (Lipinski definition) is 3. The smallest absolute Gasteiger partial charge is 0.184 e.